The van der Waals surface area contributed by atoms with E-state index in [1.807, 2.05) is 41.1 Å². The van der Waals surface area contributed by atoms with Gasteiger partial charge < -0.3 is 4.90 Å². The van der Waals surface area contributed by atoms with Gasteiger partial charge in [-0.2, -0.15) is 10.2 Å². The van der Waals surface area contributed by atoms with Gasteiger partial charge in [0.05, 0.1) is 17.0 Å². The molecule has 2 rings (SSSR count). The van der Waals surface area contributed by atoms with Gasteiger partial charge in [0.2, 0.25) is 0 Å². The molecule has 0 spiro atoms. The minimum atomic E-state index is -0.00338. The number of rotatable bonds is 3. The quantitative estimate of drug-likeness (QED) is 0.849. The summed E-state index contributed by atoms with van der Waals surface area (Å²) in [6.07, 6.45) is 1.95. The lowest BCUT2D eigenvalue weighted by molar-refractivity contribution is 0.0783. The Morgan fingerprint density at radius 2 is 1.85 bits per heavy atom. The van der Waals surface area contributed by atoms with Crippen LogP contribution in [0.15, 0.2) is 6.20 Å². The van der Waals surface area contributed by atoms with Crippen LogP contribution in [0.2, 0.25) is 0 Å². The van der Waals surface area contributed by atoms with E-state index in [0.29, 0.717) is 12.1 Å². The Kier molecular flexibility index (Phi) is 3.65. The molecule has 0 bridgehead atoms. The maximum atomic E-state index is 12.6. The van der Waals surface area contributed by atoms with Crippen molar-refractivity contribution in [2.24, 2.45) is 14.1 Å². The zero-order valence-corrected chi connectivity index (χ0v) is 12.9. The Morgan fingerprint density at radius 3 is 2.30 bits per heavy atom. The van der Waals surface area contributed by atoms with Gasteiger partial charge in [-0.25, -0.2) is 0 Å². The van der Waals surface area contributed by atoms with Crippen LogP contribution >= 0.6 is 0 Å². The summed E-state index contributed by atoms with van der Waals surface area (Å²) in [7, 11) is 5.54. The topological polar surface area (TPSA) is 56.0 Å². The normalized spacial score (nSPS) is 10.9. The van der Waals surface area contributed by atoms with Gasteiger partial charge in [0.1, 0.15) is 0 Å². The van der Waals surface area contributed by atoms with E-state index in [1.165, 1.54) is 0 Å². The Bertz CT molecular complexity index is 653. The van der Waals surface area contributed by atoms with Gasteiger partial charge >= 0.3 is 0 Å². The minimum Gasteiger partial charge on any atom is -0.337 e. The van der Waals surface area contributed by atoms with Crippen molar-refractivity contribution in [3.63, 3.8) is 0 Å². The standard InChI is InChI=1S/C14H21N5O/c1-9-12(8-18(5)15-9)7-17(4)14(20)13-10(2)16-19(6)11(13)3/h8H,7H2,1-6H3. The maximum absolute atomic E-state index is 12.6. The van der Waals surface area contributed by atoms with Crippen molar-refractivity contribution in [3.8, 4) is 0 Å². The summed E-state index contributed by atoms with van der Waals surface area (Å²) in [4.78, 5) is 14.3. The average molecular weight is 275 g/mol. The lowest BCUT2D eigenvalue weighted by Gasteiger charge is -2.17. The molecule has 0 saturated heterocycles. The summed E-state index contributed by atoms with van der Waals surface area (Å²) in [5, 5.41) is 8.59. The molecule has 20 heavy (non-hydrogen) atoms. The van der Waals surface area contributed by atoms with Gasteiger partial charge in [-0.15, -0.1) is 0 Å². The molecule has 0 aromatic carbocycles. The van der Waals surface area contributed by atoms with Gasteiger partial charge in [0, 0.05) is 45.1 Å². The van der Waals surface area contributed by atoms with Gasteiger partial charge in [-0.1, -0.05) is 0 Å². The minimum absolute atomic E-state index is 0.00338. The smallest absolute Gasteiger partial charge is 0.257 e. The third kappa shape index (κ3) is 2.45. The molecule has 0 radical (unpaired) electrons. The first-order chi connectivity index (χ1) is 9.31. The second kappa shape index (κ2) is 5.11. The van der Waals surface area contributed by atoms with Crippen LogP contribution in [0, 0.1) is 20.8 Å². The zero-order valence-electron chi connectivity index (χ0n) is 12.9. The number of hydrogen-bond acceptors (Lipinski definition) is 3. The first-order valence-corrected chi connectivity index (χ1v) is 6.56. The summed E-state index contributed by atoms with van der Waals surface area (Å²) in [6.45, 7) is 6.28. The molecule has 0 fully saturated rings. The number of carbonyl (C=O) groups is 1. The van der Waals surface area contributed by atoms with Crippen molar-refractivity contribution in [3.05, 3.63) is 34.4 Å². The molecule has 1 amide bonds. The lowest BCUT2D eigenvalue weighted by Crippen LogP contribution is -2.27. The number of aryl methyl sites for hydroxylation is 4. The van der Waals surface area contributed by atoms with Crippen molar-refractivity contribution >= 4 is 5.91 Å². The van der Waals surface area contributed by atoms with E-state index >= 15 is 0 Å². The molecular formula is C14H21N5O. The zero-order chi connectivity index (χ0) is 15.0. The average Bonchev–Trinajstić information content (AvgIpc) is 2.79. The molecule has 2 aromatic rings. The fourth-order valence-electron chi connectivity index (χ4n) is 2.41. The molecule has 0 N–H and O–H groups in total. The molecule has 0 unspecified atom stereocenters. The number of nitrogens with zero attached hydrogens (tertiary/aromatic N) is 5. The highest BCUT2D eigenvalue weighted by molar-refractivity contribution is 5.96. The first kappa shape index (κ1) is 14.3. The van der Waals surface area contributed by atoms with Crippen molar-refractivity contribution in [2.45, 2.75) is 27.3 Å². The van der Waals surface area contributed by atoms with Crippen molar-refractivity contribution < 1.29 is 4.79 Å². The molecule has 0 aliphatic heterocycles. The van der Waals surface area contributed by atoms with Crippen LogP contribution in [0.1, 0.15) is 33.0 Å². The number of carbonyl (C=O) groups excluding carboxylic acids is 1. The van der Waals surface area contributed by atoms with Crippen LogP contribution < -0.4 is 0 Å². The Morgan fingerprint density at radius 1 is 1.20 bits per heavy atom. The summed E-state index contributed by atoms with van der Waals surface area (Å²) in [5.74, 6) is -0.00338. The van der Waals surface area contributed by atoms with Gasteiger partial charge in [0.25, 0.3) is 5.91 Å². The summed E-state index contributed by atoms with van der Waals surface area (Å²) >= 11 is 0. The van der Waals surface area contributed by atoms with E-state index in [2.05, 4.69) is 10.2 Å². The molecule has 2 heterocycles. The molecule has 108 valence electrons. The second-order valence-corrected chi connectivity index (χ2v) is 5.24. The summed E-state index contributed by atoms with van der Waals surface area (Å²) < 4.78 is 3.51. The van der Waals surface area contributed by atoms with Gasteiger partial charge in [-0.3, -0.25) is 14.2 Å². The highest BCUT2D eigenvalue weighted by atomic mass is 16.2. The van der Waals surface area contributed by atoms with Crippen LogP contribution in [-0.2, 0) is 20.6 Å². The van der Waals surface area contributed by atoms with E-state index in [9.17, 15) is 4.79 Å². The molecule has 0 aliphatic carbocycles. The fourth-order valence-corrected chi connectivity index (χ4v) is 2.41. The molecule has 6 nitrogen and oxygen atoms in total. The van der Waals surface area contributed by atoms with Crippen LogP contribution in [0.3, 0.4) is 0 Å². The monoisotopic (exact) mass is 275 g/mol. The molecule has 0 atom stereocenters. The highest BCUT2D eigenvalue weighted by Crippen LogP contribution is 2.16. The highest BCUT2D eigenvalue weighted by Gasteiger charge is 2.21. The van der Waals surface area contributed by atoms with Gasteiger partial charge in [-0.05, 0) is 20.8 Å². The molecule has 0 saturated carbocycles. The van der Waals surface area contributed by atoms with Crippen LogP contribution in [-0.4, -0.2) is 37.4 Å². The first-order valence-electron chi connectivity index (χ1n) is 6.56. The maximum Gasteiger partial charge on any atom is 0.257 e. The largest absolute Gasteiger partial charge is 0.337 e. The molecule has 6 heteroatoms. The lowest BCUT2D eigenvalue weighted by atomic mass is 10.1. The Labute approximate surface area is 119 Å². The van der Waals surface area contributed by atoms with Crippen LogP contribution in [0.25, 0.3) is 0 Å². The third-order valence-corrected chi connectivity index (χ3v) is 3.59. The van der Waals surface area contributed by atoms with Crippen molar-refractivity contribution in [1.82, 2.24) is 24.5 Å². The van der Waals surface area contributed by atoms with E-state index in [4.69, 9.17) is 0 Å². The SMILES string of the molecule is Cc1nn(C)cc1CN(C)C(=O)c1c(C)nn(C)c1C. The third-order valence-electron chi connectivity index (χ3n) is 3.59. The van der Waals surface area contributed by atoms with Crippen LogP contribution in [0.4, 0.5) is 0 Å². The fraction of sp³-hybridized carbons (Fsp3) is 0.500. The van der Waals surface area contributed by atoms with E-state index < -0.39 is 0 Å². The van der Waals surface area contributed by atoms with E-state index in [-0.39, 0.29) is 5.91 Å². The van der Waals surface area contributed by atoms with Gasteiger partial charge in [0.15, 0.2) is 0 Å². The number of aromatic nitrogens is 4. The second-order valence-electron chi connectivity index (χ2n) is 5.24. The number of hydrogen-bond donors (Lipinski definition) is 0. The van der Waals surface area contributed by atoms with Crippen molar-refractivity contribution in [1.29, 1.82) is 0 Å². The van der Waals surface area contributed by atoms with E-state index in [0.717, 1.165) is 22.6 Å². The summed E-state index contributed by atoms with van der Waals surface area (Å²) in [5.41, 5.74) is 4.36. The number of amides is 1. The van der Waals surface area contributed by atoms with E-state index in [1.54, 1.807) is 21.3 Å². The predicted octanol–water partition coefficient (Wildman–Crippen LogP) is 1.35. The molecule has 0 aliphatic rings. The molecule has 2 aromatic heterocycles. The Hall–Kier alpha value is -2.11. The summed E-state index contributed by atoms with van der Waals surface area (Å²) in [6, 6.07) is 0. The van der Waals surface area contributed by atoms with Crippen LogP contribution in [0.5, 0.6) is 0 Å². The Balaban J connectivity index is 2.23. The van der Waals surface area contributed by atoms with Crippen molar-refractivity contribution in [2.75, 3.05) is 7.05 Å². The predicted molar refractivity (Wildman–Crippen MR) is 76.4 cm³/mol. The molecular weight excluding hydrogens is 254 g/mol.